The maximum atomic E-state index is 6.92. The highest BCUT2D eigenvalue weighted by Gasteiger charge is 2.79. The molecule has 0 aromatic heterocycles. The van der Waals surface area contributed by atoms with Crippen molar-refractivity contribution in [2.24, 2.45) is 0 Å². The maximum absolute atomic E-state index is 6.92. The molecule has 0 fully saturated rings. The van der Waals surface area contributed by atoms with Crippen LogP contribution >= 0.6 is 69.6 Å². The molecule has 116 valence electrons. The van der Waals surface area contributed by atoms with Gasteiger partial charge in [-0.25, -0.2) is 0 Å². The Balaban J connectivity index is 2.00. The van der Waals surface area contributed by atoms with E-state index in [-0.39, 0.29) is 10.1 Å². The van der Waals surface area contributed by atoms with Crippen molar-refractivity contribution in [3.8, 4) is 0 Å². The fourth-order valence-corrected chi connectivity index (χ4v) is 6.81. The first-order valence-electron chi connectivity index (χ1n) is 6.87. The Morgan fingerprint density at radius 3 is 1.52 bits per heavy atom. The van der Waals surface area contributed by atoms with Crippen molar-refractivity contribution in [2.45, 2.75) is 14.1 Å². The molecule has 2 aromatic carbocycles. The molecular weight excluding hydrogens is 417 g/mol. The van der Waals surface area contributed by atoms with Gasteiger partial charge in [0.05, 0.1) is 10.1 Å². The highest BCUT2D eigenvalue weighted by Crippen LogP contribution is 2.79. The molecule has 2 unspecified atom stereocenters. The molecule has 2 bridgehead atoms. The van der Waals surface area contributed by atoms with Crippen molar-refractivity contribution in [2.75, 3.05) is 0 Å². The first kappa shape index (κ1) is 15.2. The number of halogens is 6. The quantitative estimate of drug-likeness (QED) is 0.404. The summed E-state index contributed by atoms with van der Waals surface area (Å²) in [6.45, 7) is 0. The van der Waals surface area contributed by atoms with Crippen LogP contribution < -0.4 is 0 Å². The SMILES string of the molecule is ClC1=C(Cl)C2(Cl)C3=C(c4cccc5cccc3c45)C1(Cl)C2(Cl)Cl. The Labute approximate surface area is 162 Å². The zero-order valence-corrected chi connectivity index (χ0v) is 15.8. The maximum Gasteiger partial charge on any atom is 0.174 e. The topological polar surface area (TPSA) is 0 Å². The zero-order valence-electron chi connectivity index (χ0n) is 11.2. The second-order valence-corrected chi connectivity index (χ2v) is 9.20. The second kappa shape index (κ2) is 4.18. The fraction of sp³-hybridized carbons (Fsp3) is 0.176. The van der Waals surface area contributed by atoms with Crippen molar-refractivity contribution >= 4 is 91.5 Å². The molecule has 0 N–H and O–H groups in total. The third kappa shape index (κ3) is 1.30. The van der Waals surface area contributed by atoms with Crippen molar-refractivity contribution in [1.82, 2.24) is 0 Å². The van der Waals surface area contributed by atoms with E-state index in [4.69, 9.17) is 69.6 Å². The Hall–Kier alpha value is -0.0800. The highest BCUT2D eigenvalue weighted by molar-refractivity contribution is 6.71. The standard InChI is InChI=1S/C17H6Cl6/c18-13-14(19)16(21)12-9-6-2-4-7-3-1-5-8(10(7)9)11(12)15(13,20)17(16,22)23/h1-6H. The summed E-state index contributed by atoms with van der Waals surface area (Å²) >= 11 is 40.0. The third-order valence-corrected chi connectivity index (χ3v) is 9.12. The highest BCUT2D eigenvalue weighted by atomic mass is 35.5. The van der Waals surface area contributed by atoms with Crippen LogP contribution in [0.4, 0.5) is 0 Å². The molecule has 0 amide bonds. The van der Waals surface area contributed by atoms with Gasteiger partial charge < -0.3 is 0 Å². The Morgan fingerprint density at radius 1 is 0.652 bits per heavy atom. The monoisotopic (exact) mass is 420 g/mol. The zero-order chi connectivity index (χ0) is 16.4. The predicted octanol–water partition coefficient (Wildman–Crippen LogP) is 6.91. The molecule has 0 radical (unpaired) electrons. The van der Waals surface area contributed by atoms with Gasteiger partial charge in [0.1, 0.15) is 9.75 Å². The van der Waals surface area contributed by atoms with E-state index in [9.17, 15) is 0 Å². The molecule has 0 heterocycles. The second-order valence-electron chi connectivity index (χ2n) is 5.98. The molecule has 3 aliphatic carbocycles. The lowest BCUT2D eigenvalue weighted by molar-refractivity contribution is 0.730. The van der Waals surface area contributed by atoms with Crippen LogP contribution in [-0.2, 0) is 0 Å². The number of rotatable bonds is 0. The van der Waals surface area contributed by atoms with Crippen LogP contribution in [0.3, 0.4) is 0 Å². The largest absolute Gasteiger partial charge is 0.174 e. The molecule has 0 saturated heterocycles. The van der Waals surface area contributed by atoms with E-state index < -0.39 is 14.1 Å². The van der Waals surface area contributed by atoms with E-state index in [2.05, 4.69) is 0 Å². The number of allylic oxidation sites excluding steroid dienone is 4. The first-order chi connectivity index (χ1) is 10.8. The predicted molar refractivity (Wildman–Crippen MR) is 101 cm³/mol. The van der Waals surface area contributed by atoms with Gasteiger partial charge in [0, 0.05) is 0 Å². The number of hydrogen-bond acceptors (Lipinski definition) is 0. The van der Waals surface area contributed by atoms with Crippen LogP contribution in [0.2, 0.25) is 0 Å². The molecule has 0 spiro atoms. The number of alkyl halides is 4. The van der Waals surface area contributed by atoms with E-state index in [1.165, 1.54) is 0 Å². The minimum absolute atomic E-state index is 0.199. The summed E-state index contributed by atoms with van der Waals surface area (Å²) in [6.07, 6.45) is 0. The van der Waals surface area contributed by atoms with E-state index >= 15 is 0 Å². The molecular formula is C17H6Cl6. The Kier molecular flexibility index (Phi) is 2.76. The molecule has 0 aliphatic heterocycles. The van der Waals surface area contributed by atoms with Gasteiger partial charge in [0.25, 0.3) is 0 Å². The lowest BCUT2D eigenvalue weighted by Crippen LogP contribution is -2.45. The minimum atomic E-state index is -1.57. The summed E-state index contributed by atoms with van der Waals surface area (Å²) in [5, 5.41) is 2.57. The van der Waals surface area contributed by atoms with Crippen molar-refractivity contribution in [3.05, 3.63) is 57.6 Å². The van der Waals surface area contributed by atoms with Gasteiger partial charge in [-0.1, -0.05) is 82.8 Å². The smallest absolute Gasteiger partial charge is 0.104 e. The molecule has 0 nitrogen and oxygen atoms in total. The van der Waals surface area contributed by atoms with Gasteiger partial charge >= 0.3 is 0 Å². The molecule has 2 atom stereocenters. The average molecular weight is 423 g/mol. The van der Waals surface area contributed by atoms with Crippen molar-refractivity contribution < 1.29 is 0 Å². The minimum Gasteiger partial charge on any atom is -0.104 e. The van der Waals surface area contributed by atoms with Crippen molar-refractivity contribution in [3.63, 3.8) is 0 Å². The van der Waals surface area contributed by atoms with Crippen LogP contribution in [-0.4, -0.2) is 14.1 Å². The average Bonchev–Trinajstić information content (AvgIpc) is 2.97. The Morgan fingerprint density at radius 2 is 1.09 bits per heavy atom. The lowest BCUT2D eigenvalue weighted by Gasteiger charge is -2.34. The molecule has 6 heteroatoms. The van der Waals surface area contributed by atoms with Gasteiger partial charge in [-0.05, 0) is 33.0 Å². The van der Waals surface area contributed by atoms with Crippen LogP contribution in [0.1, 0.15) is 11.1 Å². The summed E-state index contributed by atoms with van der Waals surface area (Å²) in [4.78, 5) is -2.72. The normalized spacial score (nSPS) is 33.1. The molecule has 3 aliphatic rings. The molecule has 23 heavy (non-hydrogen) atoms. The first-order valence-corrected chi connectivity index (χ1v) is 9.14. The summed E-state index contributed by atoms with van der Waals surface area (Å²) in [6, 6.07) is 12.0. The summed E-state index contributed by atoms with van der Waals surface area (Å²) in [5.41, 5.74) is 3.44. The number of benzene rings is 2. The fourth-order valence-electron chi connectivity index (χ4n) is 4.09. The van der Waals surface area contributed by atoms with E-state index in [1.54, 1.807) is 0 Å². The number of hydrogen-bond donors (Lipinski definition) is 0. The Bertz CT molecular complexity index is 929. The summed E-state index contributed by atoms with van der Waals surface area (Å²) in [7, 11) is 0. The van der Waals surface area contributed by atoms with Crippen LogP contribution in [0.5, 0.6) is 0 Å². The van der Waals surface area contributed by atoms with Crippen LogP contribution in [0.15, 0.2) is 46.5 Å². The van der Waals surface area contributed by atoms with E-state index in [1.807, 2.05) is 36.4 Å². The molecule has 2 aromatic rings. The van der Waals surface area contributed by atoms with Gasteiger partial charge in [-0.15, -0.1) is 23.2 Å². The molecule has 5 rings (SSSR count). The summed E-state index contributed by atoms with van der Waals surface area (Å²) in [5.74, 6) is 0. The summed E-state index contributed by atoms with van der Waals surface area (Å²) < 4.78 is -1.57. The van der Waals surface area contributed by atoms with E-state index in [0.29, 0.717) is 0 Å². The molecule has 0 saturated carbocycles. The van der Waals surface area contributed by atoms with Gasteiger partial charge in [0.15, 0.2) is 4.33 Å². The lowest BCUT2D eigenvalue weighted by atomic mass is 9.93. The number of fused-ring (bicyclic) bond motifs is 6. The van der Waals surface area contributed by atoms with Crippen molar-refractivity contribution in [1.29, 1.82) is 0 Å². The van der Waals surface area contributed by atoms with Crippen LogP contribution in [0.25, 0.3) is 21.9 Å². The van der Waals surface area contributed by atoms with Crippen LogP contribution in [0, 0.1) is 0 Å². The van der Waals surface area contributed by atoms with E-state index in [0.717, 1.165) is 33.0 Å². The van der Waals surface area contributed by atoms with Gasteiger partial charge in [-0.3, -0.25) is 0 Å². The van der Waals surface area contributed by atoms with Gasteiger partial charge in [-0.2, -0.15) is 0 Å². The van der Waals surface area contributed by atoms with Gasteiger partial charge in [0.2, 0.25) is 0 Å². The third-order valence-electron chi connectivity index (χ3n) is 5.05.